The van der Waals surface area contributed by atoms with Gasteiger partial charge in [-0.25, -0.2) is 9.97 Å². The summed E-state index contributed by atoms with van der Waals surface area (Å²) in [6.45, 7) is 8.87. The molecule has 0 aromatic carbocycles. The molecule has 6 nitrogen and oxygen atoms in total. The molecule has 0 spiro atoms. The highest BCUT2D eigenvalue weighted by atomic mass is 16.5. The number of anilines is 1. The second kappa shape index (κ2) is 10.5. The van der Waals surface area contributed by atoms with Gasteiger partial charge in [0.15, 0.2) is 0 Å². The van der Waals surface area contributed by atoms with Crippen LogP contribution in [0.2, 0.25) is 0 Å². The zero-order chi connectivity index (χ0) is 14.6. The molecule has 0 unspecified atom stereocenters. The predicted molar refractivity (Wildman–Crippen MR) is 80.0 cm³/mol. The second-order valence-corrected chi connectivity index (χ2v) is 4.31. The van der Waals surface area contributed by atoms with Crippen molar-refractivity contribution < 1.29 is 9.47 Å². The first kappa shape index (κ1) is 16.8. The van der Waals surface area contributed by atoms with Crippen molar-refractivity contribution in [2.45, 2.75) is 20.3 Å². The van der Waals surface area contributed by atoms with E-state index in [1.165, 1.54) is 0 Å². The van der Waals surface area contributed by atoms with Crippen molar-refractivity contribution in [1.82, 2.24) is 9.97 Å². The van der Waals surface area contributed by atoms with E-state index in [9.17, 15) is 0 Å². The fourth-order valence-electron chi connectivity index (χ4n) is 1.76. The van der Waals surface area contributed by atoms with Crippen molar-refractivity contribution in [2.75, 3.05) is 51.0 Å². The van der Waals surface area contributed by atoms with Gasteiger partial charge in [-0.2, -0.15) is 0 Å². The molecule has 6 heteroatoms. The van der Waals surface area contributed by atoms with Gasteiger partial charge in [-0.05, 0) is 32.4 Å². The van der Waals surface area contributed by atoms with E-state index in [4.69, 9.17) is 15.2 Å². The van der Waals surface area contributed by atoms with Gasteiger partial charge in [0.05, 0.1) is 13.2 Å². The topological polar surface area (TPSA) is 73.5 Å². The van der Waals surface area contributed by atoms with Gasteiger partial charge < -0.3 is 20.1 Å². The van der Waals surface area contributed by atoms with Crippen molar-refractivity contribution in [3.05, 3.63) is 18.0 Å². The lowest BCUT2D eigenvalue weighted by Crippen LogP contribution is -2.32. The third-order valence-electron chi connectivity index (χ3n) is 2.83. The molecule has 0 aliphatic heterocycles. The number of nitrogens with zero attached hydrogens (tertiary/aromatic N) is 3. The summed E-state index contributed by atoms with van der Waals surface area (Å²) in [5.74, 6) is 0.713. The van der Waals surface area contributed by atoms with Gasteiger partial charge in [-0.1, -0.05) is 0 Å². The Bertz CT molecular complexity index is 336. The second-order valence-electron chi connectivity index (χ2n) is 4.31. The largest absolute Gasteiger partial charge is 0.380 e. The monoisotopic (exact) mass is 282 g/mol. The van der Waals surface area contributed by atoms with Gasteiger partial charge in [-0.15, -0.1) is 0 Å². The maximum Gasteiger partial charge on any atom is 0.225 e. The molecule has 0 atom stereocenters. The summed E-state index contributed by atoms with van der Waals surface area (Å²) in [4.78, 5) is 10.9. The van der Waals surface area contributed by atoms with Crippen LogP contribution in [0.5, 0.6) is 0 Å². The number of aromatic nitrogens is 2. The molecule has 20 heavy (non-hydrogen) atoms. The standard InChI is InChI=1S/C14H26N4O2/c1-3-19-9-7-18(8-10-20-4-2)14-16-11-13(5-6-15)12-17-14/h11-12H,3-10,15H2,1-2H3. The fourth-order valence-corrected chi connectivity index (χ4v) is 1.76. The summed E-state index contributed by atoms with van der Waals surface area (Å²) < 4.78 is 10.8. The van der Waals surface area contributed by atoms with E-state index < -0.39 is 0 Å². The van der Waals surface area contributed by atoms with Gasteiger partial charge >= 0.3 is 0 Å². The van der Waals surface area contributed by atoms with Gasteiger partial charge in [0, 0.05) is 38.7 Å². The number of hydrogen-bond donors (Lipinski definition) is 1. The minimum absolute atomic E-state index is 0.612. The van der Waals surface area contributed by atoms with E-state index in [0.717, 1.165) is 38.3 Å². The normalized spacial score (nSPS) is 10.8. The number of ether oxygens (including phenoxy) is 2. The quantitative estimate of drug-likeness (QED) is 0.607. The molecule has 0 amide bonds. The zero-order valence-corrected chi connectivity index (χ0v) is 12.5. The molecular formula is C14H26N4O2. The third kappa shape index (κ3) is 6.27. The Morgan fingerprint density at radius 1 is 1.05 bits per heavy atom. The smallest absolute Gasteiger partial charge is 0.225 e. The van der Waals surface area contributed by atoms with Gasteiger partial charge in [-0.3, -0.25) is 0 Å². The number of hydrogen-bond acceptors (Lipinski definition) is 6. The fraction of sp³-hybridized carbons (Fsp3) is 0.714. The van der Waals surface area contributed by atoms with E-state index >= 15 is 0 Å². The van der Waals surface area contributed by atoms with E-state index in [2.05, 4.69) is 14.9 Å². The Labute approximate surface area is 121 Å². The van der Waals surface area contributed by atoms with Crippen LogP contribution in [-0.2, 0) is 15.9 Å². The van der Waals surface area contributed by atoms with Crippen LogP contribution in [0.4, 0.5) is 5.95 Å². The van der Waals surface area contributed by atoms with Crippen LogP contribution in [0.1, 0.15) is 19.4 Å². The van der Waals surface area contributed by atoms with Crippen LogP contribution < -0.4 is 10.6 Å². The van der Waals surface area contributed by atoms with Crippen LogP contribution in [0, 0.1) is 0 Å². The Morgan fingerprint density at radius 3 is 2.05 bits per heavy atom. The SMILES string of the molecule is CCOCCN(CCOCC)c1ncc(CCN)cn1. The molecule has 0 aliphatic rings. The Balaban J connectivity index is 2.59. The molecule has 0 saturated heterocycles. The highest BCUT2D eigenvalue weighted by Crippen LogP contribution is 2.07. The van der Waals surface area contributed by atoms with Gasteiger partial charge in [0.1, 0.15) is 0 Å². The lowest BCUT2D eigenvalue weighted by atomic mass is 10.2. The van der Waals surface area contributed by atoms with Crippen LogP contribution in [-0.4, -0.2) is 56.0 Å². The van der Waals surface area contributed by atoms with Gasteiger partial charge in [0.2, 0.25) is 5.95 Å². The molecule has 1 rings (SSSR count). The molecule has 1 heterocycles. The van der Waals surface area contributed by atoms with Crippen molar-refractivity contribution in [2.24, 2.45) is 5.73 Å². The number of rotatable bonds is 11. The zero-order valence-electron chi connectivity index (χ0n) is 12.5. The summed E-state index contributed by atoms with van der Waals surface area (Å²) in [6, 6.07) is 0. The van der Waals surface area contributed by atoms with Crippen LogP contribution in [0.15, 0.2) is 12.4 Å². The molecule has 1 aromatic heterocycles. The first-order valence-electron chi connectivity index (χ1n) is 7.23. The summed E-state index contributed by atoms with van der Waals surface area (Å²) >= 11 is 0. The maximum absolute atomic E-state index is 5.52. The van der Waals surface area contributed by atoms with Crippen LogP contribution in [0.3, 0.4) is 0 Å². The Hall–Kier alpha value is -1.24. The van der Waals surface area contributed by atoms with E-state index in [-0.39, 0.29) is 0 Å². The minimum Gasteiger partial charge on any atom is -0.380 e. The molecule has 0 saturated carbocycles. The third-order valence-corrected chi connectivity index (χ3v) is 2.83. The molecule has 1 aromatic rings. The molecule has 0 fully saturated rings. The van der Waals surface area contributed by atoms with E-state index in [0.29, 0.717) is 25.7 Å². The first-order chi connectivity index (χ1) is 9.81. The molecule has 0 bridgehead atoms. The molecular weight excluding hydrogens is 256 g/mol. The molecule has 114 valence electrons. The van der Waals surface area contributed by atoms with Crippen LogP contribution >= 0.6 is 0 Å². The minimum atomic E-state index is 0.612. The lowest BCUT2D eigenvalue weighted by molar-refractivity contribution is 0.141. The van der Waals surface area contributed by atoms with E-state index in [1.54, 1.807) is 0 Å². The average molecular weight is 282 g/mol. The Morgan fingerprint density at radius 2 is 1.60 bits per heavy atom. The summed E-state index contributed by atoms with van der Waals surface area (Å²) in [5, 5.41) is 0. The number of nitrogens with two attached hydrogens (primary N) is 1. The molecule has 2 N–H and O–H groups in total. The van der Waals surface area contributed by atoms with Crippen molar-refractivity contribution in [1.29, 1.82) is 0 Å². The lowest BCUT2D eigenvalue weighted by Gasteiger charge is -2.22. The molecule has 0 radical (unpaired) electrons. The maximum atomic E-state index is 5.52. The summed E-state index contributed by atoms with van der Waals surface area (Å²) in [5.41, 5.74) is 6.58. The van der Waals surface area contributed by atoms with Crippen LogP contribution in [0.25, 0.3) is 0 Å². The highest BCUT2D eigenvalue weighted by molar-refractivity contribution is 5.29. The first-order valence-corrected chi connectivity index (χ1v) is 7.23. The van der Waals surface area contributed by atoms with Crippen molar-refractivity contribution in [3.8, 4) is 0 Å². The van der Waals surface area contributed by atoms with E-state index in [1.807, 2.05) is 26.2 Å². The Kier molecular flexibility index (Phi) is 8.86. The summed E-state index contributed by atoms with van der Waals surface area (Å²) in [7, 11) is 0. The van der Waals surface area contributed by atoms with Crippen molar-refractivity contribution in [3.63, 3.8) is 0 Å². The van der Waals surface area contributed by atoms with Gasteiger partial charge in [0.25, 0.3) is 0 Å². The van der Waals surface area contributed by atoms with Crippen molar-refractivity contribution >= 4 is 5.95 Å². The molecule has 0 aliphatic carbocycles. The average Bonchev–Trinajstić information content (AvgIpc) is 2.47. The highest BCUT2D eigenvalue weighted by Gasteiger charge is 2.09. The predicted octanol–water partition coefficient (Wildman–Crippen LogP) is 0.857. The summed E-state index contributed by atoms with van der Waals surface area (Å²) in [6.07, 6.45) is 4.48.